The van der Waals surface area contributed by atoms with E-state index in [9.17, 15) is 0 Å². The number of hydrogen-bond acceptors (Lipinski definition) is 6. The lowest BCUT2D eigenvalue weighted by Crippen LogP contribution is -2.46. The average Bonchev–Trinajstić information content (AvgIpc) is 3.30. The number of rotatable bonds is 2. The molecule has 0 unspecified atom stereocenters. The molecule has 0 amide bonds. The van der Waals surface area contributed by atoms with Crippen molar-refractivity contribution >= 4 is 38.8 Å². The highest BCUT2D eigenvalue weighted by Gasteiger charge is 2.22. The molecule has 1 aliphatic heterocycles. The van der Waals surface area contributed by atoms with Crippen molar-refractivity contribution in [1.29, 1.82) is 0 Å². The summed E-state index contributed by atoms with van der Waals surface area (Å²) in [5.74, 6) is 1.06. The van der Waals surface area contributed by atoms with E-state index in [4.69, 9.17) is 4.98 Å². The van der Waals surface area contributed by atoms with Crippen molar-refractivity contribution in [2.24, 2.45) is 0 Å². The molecule has 6 nitrogen and oxygen atoms in total. The number of benzene rings is 1. The van der Waals surface area contributed by atoms with Gasteiger partial charge in [-0.25, -0.2) is 14.5 Å². The zero-order valence-corrected chi connectivity index (χ0v) is 14.8. The van der Waals surface area contributed by atoms with Crippen molar-refractivity contribution in [3.05, 3.63) is 47.6 Å². The summed E-state index contributed by atoms with van der Waals surface area (Å²) in [5.41, 5.74) is 3.01. The van der Waals surface area contributed by atoms with Crippen LogP contribution in [0, 0.1) is 6.92 Å². The van der Waals surface area contributed by atoms with Gasteiger partial charge in [-0.1, -0.05) is 12.1 Å². The normalized spacial score (nSPS) is 15.4. The molecule has 0 saturated carbocycles. The van der Waals surface area contributed by atoms with Gasteiger partial charge in [-0.05, 0) is 19.1 Å². The first kappa shape index (κ1) is 14.7. The second kappa shape index (κ2) is 5.70. The number of aryl methyl sites for hydroxylation is 1. The second-order valence-electron chi connectivity index (χ2n) is 6.30. The minimum Gasteiger partial charge on any atom is -0.352 e. The van der Waals surface area contributed by atoms with Crippen LogP contribution in [0.4, 0.5) is 10.9 Å². The van der Waals surface area contributed by atoms with Crippen molar-refractivity contribution in [2.75, 3.05) is 36.0 Å². The van der Waals surface area contributed by atoms with Crippen LogP contribution in [0.1, 0.15) is 5.69 Å². The maximum Gasteiger partial charge on any atom is 0.185 e. The zero-order chi connectivity index (χ0) is 16.8. The summed E-state index contributed by atoms with van der Waals surface area (Å²) < 4.78 is 1.94. The van der Waals surface area contributed by atoms with E-state index < -0.39 is 0 Å². The molecule has 0 radical (unpaired) electrons. The first-order valence-corrected chi connectivity index (χ1v) is 9.32. The topological polar surface area (TPSA) is 49.6 Å². The van der Waals surface area contributed by atoms with Crippen LogP contribution in [0.3, 0.4) is 0 Å². The molecular weight excluding hydrogens is 332 g/mol. The van der Waals surface area contributed by atoms with Gasteiger partial charge in [0.2, 0.25) is 0 Å². The van der Waals surface area contributed by atoms with Gasteiger partial charge in [0.15, 0.2) is 10.8 Å². The molecule has 0 N–H and O–H groups in total. The standard InChI is InChI=1S/C18H18N6S/c1-13-12-16-20-17(14-4-2-3-5-15(14)24(16)21-13)22-7-9-23(10-8-22)18-19-6-11-25-18/h2-6,11-12H,7-10H2,1H3. The highest BCUT2D eigenvalue weighted by Crippen LogP contribution is 2.28. The van der Waals surface area contributed by atoms with Gasteiger partial charge in [-0.3, -0.25) is 0 Å². The Bertz CT molecular complexity index is 1030. The van der Waals surface area contributed by atoms with Gasteiger partial charge in [-0.2, -0.15) is 5.10 Å². The monoisotopic (exact) mass is 350 g/mol. The SMILES string of the molecule is Cc1cc2nc(N3CCN(c4nccs4)CC3)c3ccccc3n2n1. The Morgan fingerprint density at radius 3 is 2.64 bits per heavy atom. The molecule has 3 aromatic heterocycles. The fraction of sp³-hybridized carbons (Fsp3) is 0.278. The Labute approximate surface area is 149 Å². The van der Waals surface area contributed by atoms with E-state index in [2.05, 4.69) is 44.1 Å². The van der Waals surface area contributed by atoms with Gasteiger partial charge in [0.1, 0.15) is 5.82 Å². The van der Waals surface area contributed by atoms with Gasteiger partial charge in [0.05, 0.1) is 11.2 Å². The van der Waals surface area contributed by atoms with Gasteiger partial charge in [-0.15, -0.1) is 11.3 Å². The molecule has 0 aliphatic carbocycles. The summed E-state index contributed by atoms with van der Waals surface area (Å²) in [6, 6.07) is 10.4. The molecule has 1 aromatic carbocycles. The number of piperazine rings is 1. The summed E-state index contributed by atoms with van der Waals surface area (Å²) in [5, 5.41) is 8.89. The quantitative estimate of drug-likeness (QED) is 0.556. The minimum absolute atomic E-state index is 0.911. The fourth-order valence-electron chi connectivity index (χ4n) is 3.48. The number of aromatic nitrogens is 4. The summed E-state index contributed by atoms with van der Waals surface area (Å²) in [6.07, 6.45) is 1.87. The predicted octanol–water partition coefficient (Wildman–Crippen LogP) is 2.97. The Morgan fingerprint density at radius 2 is 1.84 bits per heavy atom. The van der Waals surface area contributed by atoms with E-state index in [1.807, 2.05) is 29.1 Å². The molecule has 7 heteroatoms. The molecule has 4 heterocycles. The van der Waals surface area contributed by atoms with Gasteiger partial charge in [0.25, 0.3) is 0 Å². The van der Waals surface area contributed by atoms with Crippen molar-refractivity contribution in [1.82, 2.24) is 19.6 Å². The number of anilines is 2. The van der Waals surface area contributed by atoms with Crippen LogP contribution in [0.5, 0.6) is 0 Å². The van der Waals surface area contributed by atoms with Crippen LogP contribution in [-0.4, -0.2) is 45.8 Å². The number of para-hydroxylation sites is 1. The third-order valence-electron chi connectivity index (χ3n) is 4.68. The largest absolute Gasteiger partial charge is 0.352 e. The first-order chi connectivity index (χ1) is 12.3. The van der Waals surface area contributed by atoms with Gasteiger partial charge in [0, 0.05) is 49.2 Å². The third-order valence-corrected chi connectivity index (χ3v) is 5.51. The van der Waals surface area contributed by atoms with Crippen LogP contribution >= 0.6 is 11.3 Å². The highest BCUT2D eigenvalue weighted by atomic mass is 32.1. The molecule has 4 aromatic rings. The molecule has 1 aliphatic rings. The van der Waals surface area contributed by atoms with E-state index >= 15 is 0 Å². The summed E-state index contributed by atoms with van der Waals surface area (Å²) in [4.78, 5) is 14.1. The summed E-state index contributed by atoms with van der Waals surface area (Å²) in [7, 11) is 0. The summed E-state index contributed by atoms with van der Waals surface area (Å²) in [6.45, 7) is 5.83. The molecule has 5 rings (SSSR count). The van der Waals surface area contributed by atoms with Gasteiger partial charge < -0.3 is 9.80 Å². The van der Waals surface area contributed by atoms with E-state index in [0.717, 1.165) is 59.4 Å². The van der Waals surface area contributed by atoms with Crippen LogP contribution in [0.2, 0.25) is 0 Å². The van der Waals surface area contributed by atoms with Crippen LogP contribution < -0.4 is 9.80 Å². The Morgan fingerprint density at radius 1 is 1.04 bits per heavy atom. The Hall–Kier alpha value is -2.67. The third kappa shape index (κ3) is 2.42. The van der Waals surface area contributed by atoms with Crippen molar-refractivity contribution in [3.63, 3.8) is 0 Å². The van der Waals surface area contributed by atoms with Gasteiger partial charge >= 0.3 is 0 Å². The molecule has 25 heavy (non-hydrogen) atoms. The number of hydrogen-bond donors (Lipinski definition) is 0. The van der Waals surface area contributed by atoms with E-state index in [1.54, 1.807) is 11.3 Å². The van der Waals surface area contributed by atoms with E-state index in [-0.39, 0.29) is 0 Å². The predicted molar refractivity (Wildman–Crippen MR) is 102 cm³/mol. The smallest absolute Gasteiger partial charge is 0.185 e. The van der Waals surface area contributed by atoms with Crippen LogP contribution in [0.15, 0.2) is 41.9 Å². The molecule has 1 saturated heterocycles. The minimum atomic E-state index is 0.911. The Balaban J connectivity index is 1.54. The lowest BCUT2D eigenvalue weighted by Gasteiger charge is -2.35. The number of nitrogens with zero attached hydrogens (tertiary/aromatic N) is 6. The number of thiazole rings is 1. The molecular formula is C18H18N6S. The summed E-state index contributed by atoms with van der Waals surface area (Å²) >= 11 is 1.70. The molecule has 0 bridgehead atoms. The molecule has 1 fully saturated rings. The average molecular weight is 350 g/mol. The lowest BCUT2D eigenvalue weighted by atomic mass is 10.2. The van der Waals surface area contributed by atoms with Crippen LogP contribution in [0.25, 0.3) is 16.6 Å². The van der Waals surface area contributed by atoms with Crippen LogP contribution in [-0.2, 0) is 0 Å². The first-order valence-electron chi connectivity index (χ1n) is 8.44. The molecule has 0 spiro atoms. The maximum absolute atomic E-state index is 4.93. The maximum atomic E-state index is 4.93. The fourth-order valence-corrected chi connectivity index (χ4v) is 4.18. The zero-order valence-electron chi connectivity index (χ0n) is 14.0. The lowest BCUT2D eigenvalue weighted by molar-refractivity contribution is 0.648. The van der Waals surface area contributed by atoms with E-state index in [0.29, 0.717) is 0 Å². The van der Waals surface area contributed by atoms with Crippen molar-refractivity contribution < 1.29 is 0 Å². The Kier molecular flexibility index (Phi) is 3.34. The second-order valence-corrected chi connectivity index (χ2v) is 7.17. The number of fused-ring (bicyclic) bond motifs is 3. The molecule has 126 valence electrons. The molecule has 0 atom stereocenters. The van der Waals surface area contributed by atoms with Crippen molar-refractivity contribution in [2.45, 2.75) is 6.92 Å². The van der Waals surface area contributed by atoms with E-state index in [1.165, 1.54) is 0 Å². The highest BCUT2D eigenvalue weighted by molar-refractivity contribution is 7.13. The van der Waals surface area contributed by atoms with Crippen molar-refractivity contribution in [3.8, 4) is 0 Å².